The van der Waals surface area contributed by atoms with E-state index in [2.05, 4.69) is 16.7 Å². The van der Waals surface area contributed by atoms with Gasteiger partial charge in [0, 0.05) is 19.6 Å². The van der Waals surface area contributed by atoms with Crippen molar-refractivity contribution in [3.8, 4) is 0 Å². The van der Waals surface area contributed by atoms with E-state index in [0.29, 0.717) is 18.4 Å². The lowest BCUT2D eigenvalue weighted by Crippen LogP contribution is -2.55. The van der Waals surface area contributed by atoms with Gasteiger partial charge < -0.3 is 14.5 Å². The van der Waals surface area contributed by atoms with Crippen molar-refractivity contribution in [2.75, 3.05) is 32.0 Å². The summed E-state index contributed by atoms with van der Waals surface area (Å²) in [6, 6.07) is 0.301. The fourth-order valence-electron chi connectivity index (χ4n) is 3.89. The normalized spacial score (nSPS) is 29.3. The Balaban J connectivity index is 1.47. The molecular formula is C17H28N2O2S2. The van der Waals surface area contributed by atoms with Crippen LogP contribution in [0.5, 0.6) is 0 Å². The van der Waals surface area contributed by atoms with E-state index in [0.717, 1.165) is 42.7 Å². The molecule has 0 bridgehead atoms. The summed E-state index contributed by atoms with van der Waals surface area (Å²) in [5, 5.41) is 0. The second kappa shape index (κ2) is 8.17. The third kappa shape index (κ3) is 4.40. The van der Waals surface area contributed by atoms with Gasteiger partial charge in [-0.2, -0.15) is 0 Å². The number of morpholine rings is 1. The Morgan fingerprint density at radius 3 is 2.70 bits per heavy atom. The molecule has 0 aromatic heterocycles. The van der Waals surface area contributed by atoms with Crippen LogP contribution in [0.4, 0.5) is 0 Å². The van der Waals surface area contributed by atoms with Gasteiger partial charge in [0.1, 0.15) is 4.32 Å². The van der Waals surface area contributed by atoms with Crippen molar-refractivity contribution in [2.24, 2.45) is 5.92 Å². The highest BCUT2D eigenvalue weighted by Crippen LogP contribution is 2.29. The van der Waals surface area contributed by atoms with Crippen LogP contribution in [-0.4, -0.2) is 64.2 Å². The highest BCUT2D eigenvalue weighted by molar-refractivity contribution is 8.23. The van der Waals surface area contributed by atoms with Crippen LogP contribution >= 0.6 is 24.0 Å². The van der Waals surface area contributed by atoms with Crippen LogP contribution < -0.4 is 0 Å². The van der Waals surface area contributed by atoms with Crippen molar-refractivity contribution in [3.63, 3.8) is 0 Å². The lowest BCUT2D eigenvalue weighted by Gasteiger charge is -2.43. The molecule has 1 saturated carbocycles. The molecular weight excluding hydrogens is 328 g/mol. The Kier molecular flexibility index (Phi) is 6.21. The standard InChI is InChI=1S/C17H28N2O2S2/c1-13-6-8-18(9-7-13)17(22)23-12-16(20)19-10-11-21-15-5-3-2-4-14(15)19/h13-15H,2-12H2,1H3/t14-,15+/m0/s1. The second-order valence-electron chi connectivity index (χ2n) is 7.07. The summed E-state index contributed by atoms with van der Waals surface area (Å²) in [5.74, 6) is 1.52. The zero-order valence-corrected chi connectivity index (χ0v) is 15.7. The maximum absolute atomic E-state index is 12.7. The van der Waals surface area contributed by atoms with Crippen molar-refractivity contribution < 1.29 is 9.53 Å². The molecule has 1 aliphatic carbocycles. The van der Waals surface area contributed by atoms with Crippen LogP contribution in [0.2, 0.25) is 0 Å². The number of hydrogen-bond acceptors (Lipinski definition) is 4. The number of rotatable bonds is 2. The minimum atomic E-state index is 0.239. The zero-order valence-electron chi connectivity index (χ0n) is 14.0. The molecule has 0 spiro atoms. The smallest absolute Gasteiger partial charge is 0.233 e. The van der Waals surface area contributed by atoms with Crippen LogP contribution in [-0.2, 0) is 9.53 Å². The first kappa shape index (κ1) is 17.5. The van der Waals surface area contributed by atoms with Gasteiger partial charge in [-0.25, -0.2) is 0 Å². The van der Waals surface area contributed by atoms with Gasteiger partial charge in [-0.1, -0.05) is 43.7 Å². The van der Waals surface area contributed by atoms with Crippen molar-refractivity contribution in [1.82, 2.24) is 9.80 Å². The van der Waals surface area contributed by atoms with Gasteiger partial charge in [0.25, 0.3) is 0 Å². The Labute approximate surface area is 149 Å². The Morgan fingerprint density at radius 1 is 1.17 bits per heavy atom. The molecule has 130 valence electrons. The van der Waals surface area contributed by atoms with Crippen LogP contribution in [0, 0.1) is 5.92 Å². The summed E-state index contributed by atoms with van der Waals surface area (Å²) < 4.78 is 6.76. The number of carbonyl (C=O) groups is 1. The van der Waals surface area contributed by atoms with Crippen LogP contribution in [0.15, 0.2) is 0 Å². The molecule has 23 heavy (non-hydrogen) atoms. The predicted molar refractivity (Wildman–Crippen MR) is 98.7 cm³/mol. The molecule has 6 heteroatoms. The van der Waals surface area contributed by atoms with E-state index < -0.39 is 0 Å². The Bertz CT molecular complexity index is 436. The maximum atomic E-state index is 12.7. The Hall–Kier alpha value is -0.330. The maximum Gasteiger partial charge on any atom is 0.233 e. The first-order valence-corrected chi connectivity index (χ1v) is 10.4. The summed E-state index contributed by atoms with van der Waals surface area (Å²) in [4.78, 5) is 17.0. The van der Waals surface area contributed by atoms with E-state index >= 15 is 0 Å². The number of hydrogen-bond donors (Lipinski definition) is 0. The third-order valence-electron chi connectivity index (χ3n) is 5.41. The number of thioether (sulfide) groups is 1. The fraction of sp³-hybridized carbons (Fsp3) is 0.882. The van der Waals surface area contributed by atoms with E-state index in [9.17, 15) is 4.79 Å². The lowest BCUT2D eigenvalue weighted by molar-refractivity contribution is -0.146. The van der Waals surface area contributed by atoms with Gasteiger partial charge >= 0.3 is 0 Å². The van der Waals surface area contributed by atoms with Crippen LogP contribution in [0.1, 0.15) is 45.4 Å². The molecule has 0 aromatic carbocycles. The minimum absolute atomic E-state index is 0.239. The SMILES string of the molecule is CC1CCN(C(=S)SCC(=O)N2CCO[C@@H]3CCCC[C@@H]32)CC1. The molecule has 0 unspecified atom stereocenters. The second-order valence-corrected chi connectivity index (χ2v) is 8.68. The first-order chi connectivity index (χ1) is 11.1. The van der Waals surface area contributed by atoms with E-state index in [1.807, 2.05) is 0 Å². The number of nitrogens with zero attached hydrogens (tertiary/aromatic N) is 2. The van der Waals surface area contributed by atoms with E-state index in [1.165, 1.54) is 25.7 Å². The third-order valence-corrected chi connectivity index (χ3v) is 6.92. The quantitative estimate of drug-likeness (QED) is 0.711. The van der Waals surface area contributed by atoms with E-state index in [4.69, 9.17) is 17.0 Å². The monoisotopic (exact) mass is 356 g/mol. The number of thiocarbonyl (C=S) groups is 1. The molecule has 2 saturated heterocycles. The molecule has 0 aromatic rings. The molecule has 2 atom stereocenters. The van der Waals surface area contributed by atoms with Crippen molar-refractivity contribution >= 4 is 34.2 Å². The van der Waals surface area contributed by atoms with Gasteiger partial charge in [-0.15, -0.1) is 0 Å². The van der Waals surface area contributed by atoms with Crippen LogP contribution in [0.25, 0.3) is 0 Å². The highest BCUT2D eigenvalue weighted by Gasteiger charge is 2.36. The van der Waals surface area contributed by atoms with Crippen LogP contribution in [0.3, 0.4) is 0 Å². The molecule has 4 nitrogen and oxygen atoms in total. The summed E-state index contributed by atoms with van der Waals surface area (Å²) in [6.45, 7) is 5.82. The zero-order chi connectivity index (χ0) is 16.2. The number of piperidine rings is 1. The topological polar surface area (TPSA) is 32.8 Å². The average Bonchev–Trinajstić information content (AvgIpc) is 2.59. The molecule has 2 aliphatic heterocycles. The van der Waals surface area contributed by atoms with Gasteiger partial charge in [-0.3, -0.25) is 4.79 Å². The van der Waals surface area contributed by atoms with Crippen molar-refractivity contribution in [2.45, 2.75) is 57.6 Å². The van der Waals surface area contributed by atoms with Crippen molar-refractivity contribution in [1.29, 1.82) is 0 Å². The molecule has 3 rings (SSSR count). The number of amides is 1. The lowest BCUT2D eigenvalue weighted by atomic mass is 9.90. The number of likely N-dealkylation sites (tertiary alicyclic amines) is 1. The van der Waals surface area contributed by atoms with Gasteiger partial charge in [0.15, 0.2) is 0 Å². The summed E-state index contributed by atoms with van der Waals surface area (Å²) >= 11 is 7.09. The van der Waals surface area contributed by atoms with Gasteiger partial charge in [-0.05, 0) is 31.6 Å². The fourth-order valence-corrected chi connectivity index (χ4v) is 5.03. The Morgan fingerprint density at radius 2 is 1.91 bits per heavy atom. The predicted octanol–water partition coefficient (Wildman–Crippen LogP) is 2.91. The first-order valence-electron chi connectivity index (χ1n) is 8.98. The summed E-state index contributed by atoms with van der Waals surface area (Å²) in [6.07, 6.45) is 7.33. The number of ether oxygens (including phenoxy) is 1. The highest BCUT2D eigenvalue weighted by atomic mass is 32.2. The molecule has 2 heterocycles. The molecule has 1 amide bonds. The van der Waals surface area contributed by atoms with E-state index in [-0.39, 0.29) is 12.0 Å². The molecule has 3 fully saturated rings. The average molecular weight is 357 g/mol. The molecule has 0 N–H and O–H groups in total. The molecule has 0 radical (unpaired) electrons. The number of fused-ring (bicyclic) bond motifs is 1. The summed E-state index contributed by atoms with van der Waals surface area (Å²) in [5.41, 5.74) is 0. The largest absolute Gasteiger partial charge is 0.374 e. The number of carbonyl (C=O) groups excluding carboxylic acids is 1. The van der Waals surface area contributed by atoms with E-state index in [1.54, 1.807) is 11.8 Å². The summed E-state index contributed by atoms with van der Waals surface area (Å²) in [7, 11) is 0. The minimum Gasteiger partial charge on any atom is -0.374 e. The van der Waals surface area contributed by atoms with Gasteiger partial charge in [0.05, 0.1) is 24.5 Å². The van der Waals surface area contributed by atoms with Crippen molar-refractivity contribution in [3.05, 3.63) is 0 Å². The molecule has 3 aliphatic rings. The van der Waals surface area contributed by atoms with Gasteiger partial charge in [0.2, 0.25) is 5.91 Å².